The van der Waals surface area contributed by atoms with Crippen molar-refractivity contribution >= 4 is 11.8 Å². The van der Waals surface area contributed by atoms with E-state index in [2.05, 4.69) is 4.90 Å². The van der Waals surface area contributed by atoms with Crippen LogP contribution in [0.4, 0.5) is 0 Å². The van der Waals surface area contributed by atoms with Crippen molar-refractivity contribution in [3.63, 3.8) is 0 Å². The van der Waals surface area contributed by atoms with Crippen LogP contribution in [0, 0.1) is 11.3 Å². The lowest BCUT2D eigenvalue weighted by molar-refractivity contribution is -0.188. The smallest absolute Gasteiger partial charge is 0.303 e. The van der Waals surface area contributed by atoms with Gasteiger partial charge in [0.2, 0.25) is 0 Å². The van der Waals surface area contributed by atoms with Crippen LogP contribution >= 0.6 is 0 Å². The standard InChI is InChI=1S/C20H23NO4.C9H17NO2/c22-13-4-3-12-9-15-20(24)6-5-14(23)18-19(20,16(12)17(13)25-18)7-8-21(15)10-11-1-2-11;10-7-9(6-8(11)12)4-2-1-3-5-9/h3-4,11,15,18,22,24H,1-2,5-10H2;1-7,10H2,(H,11,12)/t15-,18+,19+,20-;/m1./s1. The van der Waals surface area contributed by atoms with Gasteiger partial charge in [-0.05, 0) is 81.0 Å². The number of aliphatic hydroxyl groups is 1. The van der Waals surface area contributed by atoms with Gasteiger partial charge < -0.3 is 25.8 Å². The molecule has 37 heavy (non-hydrogen) atoms. The van der Waals surface area contributed by atoms with E-state index in [1.54, 1.807) is 6.07 Å². The number of rotatable bonds is 5. The second-order valence-electron chi connectivity index (χ2n) is 12.6. The number of nitrogens with zero attached hydrogens (tertiary/aromatic N) is 1. The zero-order chi connectivity index (χ0) is 26.0. The number of carbonyl (C=O) groups excluding carboxylic acids is 1. The summed E-state index contributed by atoms with van der Waals surface area (Å²) in [6.45, 7) is 2.48. The number of aromatic hydroxyl groups is 1. The highest BCUT2D eigenvalue weighted by Crippen LogP contribution is 2.64. The predicted octanol–water partition coefficient (Wildman–Crippen LogP) is 2.90. The van der Waals surface area contributed by atoms with Gasteiger partial charge in [0, 0.05) is 24.6 Å². The summed E-state index contributed by atoms with van der Waals surface area (Å²) in [5, 5.41) is 31.0. The number of phenols is 1. The first-order chi connectivity index (χ1) is 17.7. The molecule has 1 aromatic rings. The van der Waals surface area contributed by atoms with E-state index in [-0.39, 0.29) is 29.4 Å². The number of carbonyl (C=O) groups is 2. The largest absolute Gasteiger partial charge is 0.504 e. The van der Waals surface area contributed by atoms with E-state index in [0.717, 1.165) is 68.7 Å². The van der Waals surface area contributed by atoms with Gasteiger partial charge in [-0.1, -0.05) is 25.3 Å². The van der Waals surface area contributed by atoms with Gasteiger partial charge in [0.15, 0.2) is 23.4 Å². The lowest BCUT2D eigenvalue weighted by Crippen LogP contribution is -2.76. The molecule has 1 spiro atoms. The molecule has 5 N–H and O–H groups in total. The van der Waals surface area contributed by atoms with E-state index in [4.69, 9.17) is 15.6 Å². The van der Waals surface area contributed by atoms with E-state index in [0.29, 0.717) is 25.1 Å². The van der Waals surface area contributed by atoms with Gasteiger partial charge in [-0.15, -0.1) is 0 Å². The van der Waals surface area contributed by atoms with E-state index in [9.17, 15) is 19.8 Å². The first-order valence-electron chi connectivity index (χ1n) is 14.2. The summed E-state index contributed by atoms with van der Waals surface area (Å²) in [5.41, 5.74) is 6.00. The number of Topliss-reactive ketones (excluding diaryl/α,β-unsaturated/α-hetero) is 1. The lowest BCUT2D eigenvalue weighted by Gasteiger charge is -2.62. The second kappa shape index (κ2) is 8.95. The average molecular weight is 513 g/mol. The lowest BCUT2D eigenvalue weighted by atomic mass is 9.49. The molecule has 4 atom stereocenters. The first kappa shape index (κ1) is 25.1. The first-order valence-corrected chi connectivity index (χ1v) is 14.2. The highest BCUT2D eigenvalue weighted by Gasteiger charge is 2.73. The predicted molar refractivity (Wildman–Crippen MR) is 137 cm³/mol. The molecule has 2 aliphatic heterocycles. The molecule has 6 aliphatic rings. The van der Waals surface area contributed by atoms with Crippen molar-refractivity contribution in [2.24, 2.45) is 17.1 Å². The molecule has 7 rings (SSSR count). The van der Waals surface area contributed by atoms with E-state index >= 15 is 0 Å². The molecule has 0 amide bonds. The second-order valence-corrected chi connectivity index (χ2v) is 12.6. The van der Waals surface area contributed by atoms with Crippen LogP contribution in [-0.2, 0) is 21.4 Å². The maximum Gasteiger partial charge on any atom is 0.303 e. The topological polar surface area (TPSA) is 133 Å². The van der Waals surface area contributed by atoms with Gasteiger partial charge in [0.05, 0.1) is 17.4 Å². The van der Waals surface area contributed by atoms with Crippen molar-refractivity contribution in [2.75, 3.05) is 19.6 Å². The van der Waals surface area contributed by atoms with Crippen LogP contribution < -0.4 is 10.5 Å². The zero-order valence-corrected chi connectivity index (χ0v) is 21.6. The number of ketones is 1. The number of carboxylic acids is 1. The summed E-state index contributed by atoms with van der Waals surface area (Å²) < 4.78 is 6.04. The van der Waals surface area contributed by atoms with Crippen molar-refractivity contribution in [2.45, 2.75) is 100 Å². The molecule has 0 radical (unpaired) electrons. The molecule has 8 nitrogen and oxygen atoms in total. The Hall–Kier alpha value is -2.16. The Morgan fingerprint density at radius 3 is 2.57 bits per heavy atom. The molecule has 8 heteroatoms. The van der Waals surface area contributed by atoms with Crippen LogP contribution in [0.25, 0.3) is 0 Å². The van der Waals surface area contributed by atoms with Crippen LogP contribution in [0.15, 0.2) is 12.1 Å². The van der Waals surface area contributed by atoms with Gasteiger partial charge in [-0.2, -0.15) is 0 Å². The van der Waals surface area contributed by atoms with Crippen LogP contribution in [0.5, 0.6) is 11.5 Å². The molecule has 0 aromatic heterocycles. The van der Waals surface area contributed by atoms with Crippen LogP contribution in [0.2, 0.25) is 0 Å². The maximum absolute atomic E-state index is 12.7. The van der Waals surface area contributed by atoms with Gasteiger partial charge in [0.25, 0.3) is 0 Å². The number of nitrogens with two attached hydrogens (primary N) is 1. The fraction of sp³-hybridized carbons (Fsp3) is 0.724. The van der Waals surface area contributed by atoms with E-state index in [1.165, 1.54) is 19.3 Å². The molecule has 2 bridgehead atoms. The molecular formula is C29H40N2O6. The Balaban J connectivity index is 0.000000179. The Kier molecular flexibility index (Phi) is 6.08. The summed E-state index contributed by atoms with van der Waals surface area (Å²) in [6, 6.07) is 3.69. The number of piperidine rings is 1. The monoisotopic (exact) mass is 512 g/mol. The Morgan fingerprint density at radius 1 is 1.14 bits per heavy atom. The molecule has 1 saturated heterocycles. The molecular weight excluding hydrogens is 472 g/mol. The van der Waals surface area contributed by atoms with Gasteiger partial charge in [-0.25, -0.2) is 0 Å². The van der Waals surface area contributed by atoms with Crippen molar-refractivity contribution in [1.82, 2.24) is 4.90 Å². The van der Waals surface area contributed by atoms with Gasteiger partial charge in [0.1, 0.15) is 0 Å². The van der Waals surface area contributed by atoms with Gasteiger partial charge >= 0.3 is 5.97 Å². The van der Waals surface area contributed by atoms with Crippen LogP contribution in [0.3, 0.4) is 0 Å². The summed E-state index contributed by atoms with van der Waals surface area (Å²) >= 11 is 0. The van der Waals surface area contributed by atoms with E-state index in [1.807, 2.05) is 6.07 Å². The third kappa shape index (κ3) is 3.81. The highest BCUT2D eigenvalue weighted by molar-refractivity contribution is 5.90. The van der Waals surface area contributed by atoms with Crippen molar-refractivity contribution < 1.29 is 29.6 Å². The van der Waals surface area contributed by atoms with Gasteiger partial charge in [-0.3, -0.25) is 14.5 Å². The minimum atomic E-state index is -0.940. The number of hydrogen-bond donors (Lipinski definition) is 4. The number of aliphatic carboxylic acids is 1. The zero-order valence-electron chi connectivity index (χ0n) is 21.6. The van der Waals surface area contributed by atoms with Crippen molar-refractivity contribution in [3.05, 3.63) is 23.3 Å². The number of ether oxygens (including phenoxy) is 1. The normalized spacial score (nSPS) is 35.1. The minimum Gasteiger partial charge on any atom is -0.504 e. The van der Waals surface area contributed by atoms with Crippen LogP contribution in [-0.4, -0.2) is 69.4 Å². The van der Waals surface area contributed by atoms with Crippen LogP contribution in [0.1, 0.15) is 81.8 Å². The highest BCUT2D eigenvalue weighted by atomic mass is 16.5. The van der Waals surface area contributed by atoms with Crippen molar-refractivity contribution in [3.8, 4) is 11.5 Å². The third-order valence-corrected chi connectivity index (χ3v) is 10.4. The molecule has 3 saturated carbocycles. The summed E-state index contributed by atoms with van der Waals surface area (Å²) in [7, 11) is 0. The quantitative estimate of drug-likeness (QED) is 0.473. The molecule has 4 aliphatic carbocycles. The maximum atomic E-state index is 12.7. The summed E-state index contributed by atoms with van der Waals surface area (Å²) in [6.07, 6.45) is 10.1. The fourth-order valence-corrected chi connectivity index (χ4v) is 8.34. The van der Waals surface area contributed by atoms with E-state index < -0.39 is 23.1 Å². The fourth-order valence-electron chi connectivity index (χ4n) is 8.34. The molecule has 202 valence electrons. The minimum absolute atomic E-state index is 0.0454. The number of carboxylic acid groups (broad SMARTS) is 1. The molecule has 1 aromatic carbocycles. The molecule has 0 unspecified atom stereocenters. The Bertz CT molecular complexity index is 1100. The molecule has 2 heterocycles. The summed E-state index contributed by atoms with van der Waals surface area (Å²) in [4.78, 5) is 25.8. The number of phenolic OH excluding ortho intramolecular Hbond substituents is 1. The average Bonchev–Trinajstić information content (AvgIpc) is 3.62. The Labute approximate surface area is 218 Å². The van der Waals surface area contributed by atoms with Crippen molar-refractivity contribution in [1.29, 1.82) is 0 Å². The number of hydrogen-bond acceptors (Lipinski definition) is 7. The Morgan fingerprint density at radius 2 is 1.89 bits per heavy atom. The summed E-state index contributed by atoms with van der Waals surface area (Å²) in [5.74, 6) is 0.682. The number of likely N-dealkylation sites (tertiary alicyclic amines) is 1. The molecule has 4 fully saturated rings. The SMILES string of the molecule is NCC1(CC(=O)O)CCCCC1.O=C1CC[C@@]2(O)[C@H]3Cc4ccc(O)c5c4[C@@]2(CCN3CC2CC2)[C@H]1O5. The third-order valence-electron chi connectivity index (χ3n) is 10.4. The number of benzene rings is 1.